The fourth-order valence-corrected chi connectivity index (χ4v) is 3.47. The molecule has 0 spiro atoms. The molecule has 1 heterocycles. The lowest BCUT2D eigenvalue weighted by molar-refractivity contribution is -0.598. The Hall–Kier alpha value is -2.84. The van der Waals surface area contributed by atoms with Crippen LogP contribution < -0.4 is 4.73 Å². The molecule has 2 nitrogen and oxygen atoms in total. The minimum atomic E-state index is 0.627. The number of nitrogens with zero attached hydrogens (tertiary/aromatic N) is 1. The number of rotatable bonds is 2. The first-order chi connectivity index (χ1) is 12.2. The van der Waals surface area contributed by atoms with Gasteiger partial charge >= 0.3 is 0 Å². The van der Waals surface area contributed by atoms with E-state index in [1.807, 2.05) is 85.8 Å². The van der Waals surface area contributed by atoms with E-state index in [4.69, 9.17) is 11.6 Å². The maximum Gasteiger partial charge on any atom is 0.232 e. The van der Waals surface area contributed by atoms with Crippen LogP contribution in [0, 0.1) is 12.1 Å². The third-order valence-electron chi connectivity index (χ3n) is 4.49. The molecule has 25 heavy (non-hydrogen) atoms. The van der Waals surface area contributed by atoms with Gasteiger partial charge in [0.05, 0.1) is 10.9 Å². The zero-order valence-electron chi connectivity index (χ0n) is 13.7. The standard InChI is InChI=1S/C22H16ClNO/c1-15-20-14-18(23)12-13-19(20)21(16-8-4-2-5-9-16)22(24(15)25)17-10-6-3-7-11-17/h2-14H,1H3. The van der Waals surface area contributed by atoms with Crippen molar-refractivity contribution in [2.24, 2.45) is 0 Å². The van der Waals surface area contributed by atoms with Gasteiger partial charge in [-0.25, -0.2) is 0 Å². The molecule has 0 radical (unpaired) electrons. The summed E-state index contributed by atoms with van der Waals surface area (Å²) in [6.45, 7) is 1.84. The van der Waals surface area contributed by atoms with Crippen molar-refractivity contribution in [3.63, 3.8) is 0 Å². The Kier molecular flexibility index (Phi) is 3.90. The second-order valence-electron chi connectivity index (χ2n) is 6.03. The van der Waals surface area contributed by atoms with E-state index in [1.165, 1.54) is 0 Å². The highest BCUT2D eigenvalue weighted by molar-refractivity contribution is 6.31. The van der Waals surface area contributed by atoms with E-state index in [0.717, 1.165) is 32.2 Å². The molecule has 0 bridgehead atoms. The number of hydrogen-bond acceptors (Lipinski definition) is 1. The van der Waals surface area contributed by atoms with Gasteiger partial charge in [0.15, 0.2) is 5.69 Å². The van der Waals surface area contributed by atoms with E-state index in [9.17, 15) is 5.21 Å². The Morgan fingerprint density at radius 2 is 1.36 bits per heavy atom. The van der Waals surface area contributed by atoms with Crippen molar-refractivity contribution in [2.45, 2.75) is 6.92 Å². The number of pyridine rings is 1. The minimum Gasteiger partial charge on any atom is -0.618 e. The van der Waals surface area contributed by atoms with Crippen molar-refractivity contribution in [1.29, 1.82) is 0 Å². The highest BCUT2D eigenvalue weighted by Crippen LogP contribution is 2.37. The molecule has 0 aliphatic heterocycles. The van der Waals surface area contributed by atoms with Crippen LogP contribution in [0.1, 0.15) is 5.69 Å². The van der Waals surface area contributed by atoms with Crippen molar-refractivity contribution in [1.82, 2.24) is 0 Å². The van der Waals surface area contributed by atoms with Gasteiger partial charge in [-0.05, 0) is 29.8 Å². The summed E-state index contributed by atoms with van der Waals surface area (Å²) in [4.78, 5) is 0. The summed E-state index contributed by atoms with van der Waals surface area (Å²) >= 11 is 6.19. The lowest BCUT2D eigenvalue weighted by atomic mass is 9.93. The summed E-state index contributed by atoms with van der Waals surface area (Å²) in [7, 11) is 0. The summed E-state index contributed by atoms with van der Waals surface area (Å²) in [5.41, 5.74) is 4.16. The van der Waals surface area contributed by atoms with Gasteiger partial charge in [-0.2, -0.15) is 4.73 Å². The number of aryl methyl sites for hydroxylation is 1. The first-order valence-electron chi connectivity index (χ1n) is 8.13. The number of aromatic nitrogens is 1. The molecule has 0 amide bonds. The summed E-state index contributed by atoms with van der Waals surface area (Å²) in [5, 5.41) is 15.7. The largest absolute Gasteiger partial charge is 0.618 e. The van der Waals surface area contributed by atoms with Crippen LogP contribution in [0.2, 0.25) is 5.02 Å². The van der Waals surface area contributed by atoms with Gasteiger partial charge in [-0.15, -0.1) is 0 Å². The number of halogens is 1. The average molecular weight is 346 g/mol. The number of hydrogen-bond donors (Lipinski definition) is 0. The van der Waals surface area contributed by atoms with Crippen molar-refractivity contribution >= 4 is 22.4 Å². The molecule has 0 aliphatic carbocycles. The summed E-state index contributed by atoms with van der Waals surface area (Å²) in [6.07, 6.45) is 0. The maximum atomic E-state index is 13.2. The molecule has 0 fully saturated rings. The monoisotopic (exact) mass is 345 g/mol. The third kappa shape index (κ3) is 2.65. The molecule has 0 saturated carbocycles. The molecule has 122 valence electrons. The van der Waals surface area contributed by atoms with Gasteiger partial charge in [0, 0.05) is 22.9 Å². The molecule has 0 atom stereocenters. The van der Waals surface area contributed by atoms with Gasteiger partial charge in [0.2, 0.25) is 5.69 Å². The summed E-state index contributed by atoms with van der Waals surface area (Å²) in [6, 6.07) is 25.5. The van der Waals surface area contributed by atoms with Crippen LogP contribution in [0.4, 0.5) is 0 Å². The molecule has 0 saturated heterocycles. The van der Waals surface area contributed by atoms with Crippen LogP contribution in [-0.2, 0) is 0 Å². The molecule has 3 aromatic carbocycles. The van der Waals surface area contributed by atoms with Crippen LogP contribution in [0.25, 0.3) is 33.2 Å². The SMILES string of the molecule is Cc1c2cc(Cl)ccc2c(-c2ccccc2)c(-c2ccccc2)[n+]1[O-]. The molecule has 1 aromatic heterocycles. The van der Waals surface area contributed by atoms with Gasteiger partial charge in [-0.3, -0.25) is 0 Å². The van der Waals surface area contributed by atoms with E-state index in [0.29, 0.717) is 16.4 Å². The number of benzene rings is 3. The normalized spacial score (nSPS) is 11.0. The molecule has 4 aromatic rings. The van der Waals surface area contributed by atoms with E-state index in [2.05, 4.69) is 0 Å². The van der Waals surface area contributed by atoms with Gasteiger partial charge in [-0.1, -0.05) is 66.2 Å². The van der Waals surface area contributed by atoms with Crippen molar-refractivity contribution < 1.29 is 4.73 Å². The zero-order valence-corrected chi connectivity index (χ0v) is 14.5. The first kappa shape index (κ1) is 15.7. The van der Waals surface area contributed by atoms with Crippen LogP contribution in [0.5, 0.6) is 0 Å². The van der Waals surface area contributed by atoms with Crippen molar-refractivity contribution in [3.05, 3.63) is 94.8 Å². The van der Waals surface area contributed by atoms with Crippen molar-refractivity contribution in [3.8, 4) is 22.4 Å². The Morgan fingerprint density at radius 1 is 0.760 bits per heavy atom. The summed E-state index contributed by atoms with van der Waals surface area (Å²) < 4.78 is 1.02. The van der Waals surface area contributed by atoms with E-state index in [-0.39, 0.29) is 0 Å². The highest BCUT2D eigenvalue weighted by atomic mass is 35.5. The van der Waals surface area contributed by atoms with Crippen molar-refractivity contribution in [2.75, 3.05) is 0 Å². The molecule has 0 aliphatic rings. The summed E-state index contributed by atoms with van der Waals surface area (Å²) in [5.74, 6) is 0. The first-order valence-corrected chi connectivity index (χ1v) is 8.51. The predicted molar refractivity (Wildman–Crippen MR) is 104 cm³/mol. The van der Waals surface area contributed by atoms with Crippen LogP contribution in [0.3, 0.4) is 0 Å². The number of fused-ring (bicyclic) bond motifs is 1. The predicted octanol–water partition coefficient (Wildman–Crippen LogP) is 5.77. The van der Waals surface area contributed by atoms with E-state index < -0.39 is 0 Å². The van der Waals surface area contributed by atoms with Crippen LogP contribution in [0.15, 0.2) is 78.9 Å². The second kappa shape index (κ2) is 6.23. The van der Waals surface area contributed by atoms with Gasteiger partial charge in [0.25, 0.3) is 0 Å². The second-order valence-corrected chi connectivity index (χ2v) is 6.46. The zero-order chi connectivity index (χ0) is 17.4. The fraction of sp³-hybridized carbons (Fsp3) is 0.0455. The highest BCUT2D eigenvalue weighted by Gasteiger charge is 2.23. The topological polar surface area (TPSA) is 26.9 Å². The van der Waals surface area contributed by atoms with Crippen LogP contribution >= 0.6 is 11.6 Å². The lowest BCUT2D eigenvalue weighted by Gasteiger charge is -2.16. The lowest BCUT2D eigenvalue weighted by Crippen LogP contribution is -2.34. The minimum absolute atomic E-state index is 0.627. The average Bonchev–Trinajstić information content (AvgIpc) is 2.66. The van der Waals surface area contributed by atoms with Crippen LogP contribution in [-0.4, -0.2) is 0 Å². The van der Waals surface area contributed by atoms with E-state index in [1.54, 1.807) is 0 Å². The Morgan fingerprint density at radius 3 is 2.00 bits per heavy atom. The molecular formula is C22H16ClNO. The molecule has 0 N–H and O–H groups in total. The third-order valence-corrected chi connectivity index (χ3v) is 4.73. The molecule has 3 heteroatoms. The Balaban J connectivity index is 2.20. The fourth-order valence-electron chi connectivity index (χ4n) is 3.29. The Labute approximate surface area is 151 Å². The maximum absolute atomic E-state index is 13.2. The van der Waals surface area contributed by atoms with E-state index >= 15 is 0 Å². The quantitative estimate of drug-likeness (QED) is 0.334. The molecule has 4 rings (SSSR count). The smallest absolute Gasteiger partial charge is 0.232 e. The van der Waals surface area contributed by atoms with Gasteiger partial charge in [0.1, 0.15) is 0 Å². The Bertz CT molecular complexity index is 1060. The van der Waals surface area contributed by atoms with Gasteiger partial charge < -0.3 is 5.21 Å². The molecule has 0 unspecified atom stereocenters. The molecular weight excluding hydrogens is 330 g/mol.